The van der Waals surface area contributed by atoms with E-state index in [2.05, 4.69) is 19.1 Å². The number of rotatable bonds is 5. The van der Waals surface area contributed by atoms with E-state index in [-0.39, 0.29) is 15.2 Å². The van der Waals surface area contributed by atoms with Crippen LogP contribution < -0.4 is 9.88 Å². The highest BCUT2D eigenvalue weighted by atomic mass is 32.2. The van der Waals surface area contributed by atoms with Gasteiger partial charge in [-0.3, -0.25) is 4.18 Å². The van der Waals surface area contributed by atoms with E-state index in [1.165, 1.54) is 29.3 Å². The van der Waals surface area contributed by atoms with Gasteiger partial charge in [0.25, 0.3) is 10.1 Å². The number of hydrogen-bond donors (Lipinski definition) is 1. The van der Waals surface area contributed by atoms with Gasteiger partial charge in [0, 0.05) is 0 Å². The number of benzene rings is 2. The van der Waals surface area contributed by atoms with Crippen LogP contribution in [0.4, 0.5) is 0 Å². The molecule has 3 aliphatic rings. The van der Waals surface area contributed by atoms with Crippen LogP contribution in [0.1, 0.15) is 56.1 Å². The molecular weight excluding hydrogens is 474 g/mol. The van der Waals surface area contributed by atoms with E-state index in [1.54, 1.807) is 7.11 Å². The van der Waals surface area contributed by atoms with Gasteiger partial charge in [0.1, 0.15) is 5.75 Å². The number of ether oxygens (including phenoxy) is 1. The molecule has 0 heterocycles. The molecule has 2 aromatic rings. The van der Waals surface area contributed by atoms with Crippen LogP contribution in [0.2, 0.25) is 0 Å². The highest BCUT2D eigenvalue weighted by molar-refractivity contribution is 7.89. The maximum absolute atomic E-state index is 13.1. The van der Waals surface area contributed by atoms with Crippen LogP contribution in [0.15, 0.2) is 52.3 Å². The van der Waals surface area contributed by atoms with Gasteiger partial charge in [-0.25, -0.2) is 13.6 Å². The lowest BCUT2D eigenvalue weighted by molar-refractivity contribution is -0.00804. The van der Waals surface area contributed by atoms with Gasteiger partial charge >= 0.3 is 0 Å². The maximum atomic E-state index is 13.1. The highest BCUT2D eigenvalue weighted by Gasteiger charge is 2.56. The maximum Gasteiger partial charge on any atom is 0.297 e. The van der Waals surface area contributed by atoms with Gasteiger partial charge in [-0.1, -0.05) is 19.1 Å². The fourth-order valence-electron chi connectivity index (χ4n) is 6.81. The summed E-state index contributed by atoms with van der Waals surface area (Å²) < 4.78 is 60.9. The van der Waals surface area contributed by atoms with Crippen molar-refractivity contribution < 1.29 is 25.8 Å². The molecule has 2 fully saturated rings. The lowest BCUT2D eigenvalue weighted by Gasteiger charge is -2.50. The Kier molecular flexibility index (Phi) is 5.82. The standard InChI is InChI=1S/C25H31NO6S2/c1-25-13-12-21-20-9-7-17(31-2)14-16(20)6-8-22(21)23(25)10-11-24(25)32-34(29,30)19-5-3-4-18(15-19)33(26,27)28/h3-5,7,9,14-15,21-24H,6,8,10-13H2,1-2H3,(H2,26,27,28)/t21-,22-,23+,24+,25+/m1/s1. The quantitative estimate of drug-likeness (QED) is 0.615. The summed E-state index contributed by atoms with van der Waals surface area (Å²) in [6.45, 7) is 2.17. The molecule has 0 saturated heterocycles. The monoisotopic (exact) mass is 505 g/mol. The first-order valence-corrected chi connectivity index (χ1v) is 14.7. The number of aryl methyl sites for hydroxylation is 1. The van der Waals surface area contributed by atoms with E-state index in [4.69, 9.17) is 14.1 Å². The molecule has 5 rings (SSSR count). The molecule has 0 aliphatic heterocycles. The molecule has 0 spiro atoms. The SMILES string of the molecule is COc1ccc2c(c1)CC[C@@H]1[C@@H]2CC[C@]2(C)[C@@H](OS(=O)(=O)c3cccc(S(N)(=O)=O)c3)CC[C@@H]12. The molecule has 184 valence electrons. The fourth-order valence-corrected chi connectivity index (χ4v) is 8.69. The number of fused-ring (bicyclic) bond motifs is 5. The fraction of sp³-hybridized carbons (Fsp3) is 0.520. The number of primary sulfonamides is 1. The van der Waals surface area contributed by atoms with Gasteiger partial charge in [-0.05, 0) is 103 Å². The molecule has 3 aliphatic carbocycles. The molecule has 5 atom stereocenters. The number of hydrogen-bond acceptors (Lipinski definition) is 6. The third kappa shape index (κ3) is 3.96. The minimum absolute atomic E-state index is 0.180. The Morgan fingerprint density at radius 3 is 2.47 bits per heavy atom. The van der Waals surface area contributed by atoms with Gasteiger partial charge in [0.05, 0.1) is 23.0 Å². The molecule has 2 saturated carbocycles. The van der Waals surface area contributed by atoms with Crippen LogP contribution in [-0.2, 0) is 30.7 Å². The predicted molar refractivity (Wildman–Crippen MR) is 127 cm³/mol. The Labute approximate surface area is 201 Å². The number of nitrogens with two attached hydrogens (primary N) is 1. The lowest BCUT2D eigenvalue weighted by atomic mass is 9.55. The topological polar surface area (TPSA) is 113 Å². The minimum Gasteiger partial charge on any atom is -0.497 e. The molecule has 0 unspecified atom stereocenters. The zero-order valence-electron chi connectivity index (χ0n) is 19.4. The molecule has 2 aromatic carbocycles. The molecule has 9 heteroatoms. The van der Waals surface area contributed by atoms with E-state index in [9.17, 15) is 16.8 Å². The van der Waals surface area contributed by atoms with Gasteiger partial charge in [0.2, 0.25) is 10.0 Å². The van der Waals surface area contributed by atoms with E-state index >= 15 is 0 Å². The summed E-state index contributed by atoms with van der Waals surface area (Å²) in [7, 11) is -6.46. The van der Waals surface area contributed by atoms with Crippen LogP contribution in [0.5, 0.6) is 5.75 Å². The second kappa shape index (κ2) is 8.33. The summed E-state index contributed by atoms with van der Waals surface area (Å²) in [5.41, 5.74) is 2.54. The van der Waals surface area contributed by atoms with Crippen molar-refractivity contribution in [1.82, 2.24) is 0 Å². The van der Waals surface area contributed by atoms with Crippen molar-refractivity contribution in [2.75, 3.05) is 7.11 Å². The molecule has 0 aromatic heterocycles. The molecule has 0 amide bonds. The second-order valence-corrected chi connectivity index (χ2v) is 13.3. The van der Waals surface area contributed by atoms with Crippen LogP contribution >= 0.6 is 0 Å². The predicted octanol–water partition coefficient (Wildman–Crippen LogP) is 3.97. The Morgan fingerprint density at radius 1 is 0.971 bits per heavy atom. The molecule has 7 nitrogen and oxygen atoms in total. The van der Waals surface area contributed by atoms with E-state index < -0.39 is 26.2 Å². The van der Waals surface area contributed by atoms with E-state index in [1.807, 2.05) is 6.07 Å². The second-order valence-electron chi connectivity index (χ2n) is 10.2. The van der Waals surface area contributed by atoms with Crippen LogP contribution in [-0.4, -0.2) is 30.0 Å². The zero-order chi connectivity index (χ0) is 24.3. The molecule has 0 bridgehead atoms. The highest BCUT2D eigenvalue weighted by Crippen LogP contribution is 2.62. The van der Waals surface area contributed by atoms with E-state index in [0.717, 1.165) is 43.9 Å². The summed E-state index contributed by atoms with van der Waals surface area (Å²) >= 11 is 0. The number of methoxy groups -OCH3 is 1. The first-order valence-electron chi connectivity index (χ1n) is 11.8. The Balaban J connectivity index is 1.39. The Bertz CT molecular complexity index is 1320. The van der Waals surface area contributed by atoms with Gasteiger partial charge in [-0.15, -0.1) is 0 Å². The summed E-state index contributed by atoms with van der Waals surface area (Å²) in [6, 6.07) is 11.5. The number of sulfonamides is 1. The van der Waals surface area contributed by atoms with Crippen molar-refractivity contribution in [3.63, 3.8) is 0 Å². The van der Waals surface area contributed by atoms with Crippen LogP contribution in [0, 0.1) is 17.3 Å². The lowest BCUT2D eigenvalue weighted by Crippen LogP contribution is -2.45. The third-order valence-electron chi connectivity index (χ3n) is 8.51. The normalized spacial score (nSPS) is 30.8. The van der Waals surface area contributed by atoms with Gasteiger partial charge in [0.15, 0.2) is 0 Å². The Hall–Kier alpha value is -1.94. The van der Waals surface area contributed by atoms with Crippen LogP contribution in [0.3, 0.4) is 0 Å². The molecule has 2 N–H and O–H groups in total. The molecule has 0 radical (unpaired) electrons. The minimum atomic E-state index is -4.13. The van der Waals surface area contributed by atoms with Crippen LogP contribution in [0.25, 0.3) is 0 Å². The average molecular weight is 506 g/mol. The van der Waals surface area contributed by atoms with Crippen molar-refractivity contribution in [1.29, 1.82) is 0 Å². The van der Waals surface area contributed by atoms with Crippen molar-refractivity contribution in [3.05, 3.63) is 53.6 Å². The smallest absolute Gasteiger partial charge is 0.297 e. The first kappa shape index (κ1) is 23.8. The largest absolute Gasteiger partial charge is 0.497 e. The molecule has 34 heavy (non-hydrogen) atoms. The van der Waals surface area contributed by atoms with Crippen molar-refractivity contribution in [2.24, 2.45) is 22.4 Å². The summed E-state index contributed by atoms with van der Waals surface area (Å²) in [5.74, 6) is 2.26. The van der Waals surface area contributed by atoms with Gasteiger partial charge in [-0.2, -0.15) is 8.42 Å². The summed E-state index contributed by atoms with van der Waals surface area (Å²) in [6.07, 6.45) is 5.15. The van der Waals surface area contributed by atoms with Crippen molar-refractivity contribution in [3.8, 4) is 5.75 Å². The Morgan fingerprint density at radius 2 is 1.74 bits per heavy atom. The zero-order valence-corrected chi connectivity index (χ0v) is 21.1. The van der Waals surface area contributed by atoms with Crippen molar-refractivity contribution in [2.45, 2.75) is 67.3 Å². The summed E-state index contributed by atoms with van der Waals surface area (Å²) in [5, 5.41) is 5.18. The average Bonchev–Trinajstić information content (AvgIpc) is 3.13. The third-order valence-corrected chi connectivity index (χ3v) is 10.7. The van der Waals surface area contributed by atoms with Crippen molar-refractivity contribution >= 4 is 20.1 Å². The molecular formula is C25H31NO6S2. The first-order chi connectivity index (χ1) is 16.0. The van der Waals surface area contributed by atoms with Gasteiger partial charge < -0.3 is 4.74 Å². The van der Waals surface area contributed by atoms with E-state index in [0.29, 0.717) is 24.2 Å². The summed E-state index contributed by atoms with van der Waals surface area (Å²) in [4.78, 5) is -0.425.